The quantitative estimate of drug-likeness (QED) is 0.183. The predicted molar refractivity (Wildman–Crippen MR) is 197 cm³/mol. The summed E-state index contributed by atoms with van der Waals surface area (Å²) in [4.78, 5) is 4.00. The van der Waals surface area contributed by atoms with Crippen molar-refractivity contribution in [3.63, 3.8) is 0 Å². The van der Waals surface area contributed by atoms with E-state index in [4.69, 9.17) is 6.57 Å². The standard InChI is InChI=1S/C44H26N4/c1-46-38-21-11-20-34(44(38)48-41-24-7-4-19-37(41)43-32(28-45)15-10-25-42(43)48)31-14-8-12-29(26-31)30-13-9-16-33(27-30)47-39-22-5-2-17-35(39)36-18-3-6-23-40(36)47/h2-27H. The van der Waals surface area contributed by atoms with E-state index in [0.29, 0.717) is 11.3 Å². The van der Waals surface area contributed by atoms with Gasteiger partial charge in [0.2, 0.25) is 5.69 Å². The minimum absolute atomic E-state index is 0.552. The van der Waals surface area contributed by atoms with Crippen molar-refractivity contribution in [2.75, 3.05) is 0 Å². The molecule has 7 aromatic carbocycles. The zero-order valence-electron chi connectivity index (χ0n) is 25.8. The highest BCUT2D eigenvalue weighted by Gasteiger charge is 2.20. The highest BCUT2D eigenvalue weighted by molar-refractivity contribution is 6.13. The summed E-state index contributed by atoms with van der Waals surface area (Å²) in [6.45, 7) is 8.18. The molecule has 0 bridgehead atoms. The van der Waals surface area contributed by atoms with Gasteiger partial charge in [-0.05, 0) is 70.8 Å². The molecule has 48 heavy (non-hydrogen) atoms. The molecule has 0 amide bonds. The van der Waals surface area contributed by atoms with Crippen LogP contribution in [0.25, 0.3) is 82.1 Å². The van der Waals surface area contributed by atoms with E-state index < -0.39 is 0 Å². The van der Waals surface area contributed by atoms with Gasteiger partial charge in [-0.15, -0.1) is 0 Å². The zero-order valence-corrected chi connectivity index (χ0v) is 25.8. The number of benzene rings is 7. The smallest absolute Gasteiger partial charge is 0.211 e. The molecule has 0 aliphatic carbocycles. The highest BCUT2D eigenvalue weighted by atomic mass is 15.0. The summed E-state index contributed by atoms with van der Waals surface area (Å²) in [6.07, 6.45) is 0. The first kappa shape index (κ1) is 27.4. The normalized spacial score (nSPS) is 11.3. The van der Waals surface area contributed by atoms with Crippen molar-refractivity contribution in [3.05, 3.63) is 175 Å². The predicted octanol–water partition coefficient (Wildman–Crippen LogP) is 11.6. The Kier molecular flexibility index (Phi) is 6.22. The lowest BCUT2D eigenvalue weighted by atomic mass is 9.97. The monoisotopic (exact) mass is 610 g/mol. The van der Waals surface area contributed by atoms with Gasteiger partial charge in [0.25, 0.3) is 0 Å². The lowest BCUT2D eigenvalue weighted by Gasteiger charge is -2.17. The highest BCUT2D eigenvalue weighted by Crippen LogP contribution is 2.42. The van der Waals surface area contributed by atoms with Crippen LogP contribution in [0.1, 0.15) is 5.56 Å². The largest absolute Gasteiger partial charge is 0.318 e. The van der Waals surface area contributed by atoms with Crippen LogP contribution >= 0.6 is 0 Å². The van der Waals surface area contributed by atoms with Crippen molar-refractivity contribution < 1.29 is 0 Å². The van der Waals surface area contributed by atoms with E-state index in [0.717, 1.165) is 55.4 Å². The molecule has 0 saturated carbocycles. The van der Waals surface area contributed by atoms with Crippen LogP contribution < -0.4 is 0 Å². The van der Waals surface area contributed by atoms with Crippen molar-refractivity contribution in [1.82, 2.24) is 9.13 Å². The molecule has 4 nitrogen and oxygen atoms in total. The Hall–Kier alpha value is -6.88. The van der Waals surface area contributed by atoms with Crippen molar-refractivity contribution in [2.45, 2.75) is 0 Å². The van der Waals surface area contributed by atoms with E-state index in [1.54, 1.807) is 0 Å². The van der Waals surface area contributed by atoms with E-state index in [2.05, 4.69) is 135 Å². The van der Waals surface area contributed by atoms with Crippen LogP contribution in [-0.4, -0.2) is 9.13 Å². The maximum absolute atomic E-state index is 10.0. The van der Waals surface area contributed by atoms with Gasteiger partial charge in [-0.2, -0.15) is 5.26 Å². The first-order valence-electron chi connectivity index (χ1n) is 15.9. The van der Waals surface area contributed by atoms with Gasteiger partial charge >= 0.3 is 0 Å². The van der Waals surface area contributed by atoms with Gasteiger partial charge in [-0.3, -0.25) is 0 Å². The van der Waals surface area contributed by atoms with Gasteiger partial charge in [0, 0.05) is 27.2 Å². The first-order chi connectivity index (χ1) is 23.7. The minimum atomic E-state index is 0.552. The van der Waals surface area contributed by atoms with Crippen LogP contribution in [-0.2, 0) is 0 Å². The molecule has 0 atom stereocenters. The molecular weight excluding hydrogens is 585 g/mol. The molecule has 0 unspecified atom stereocenters. The topological polar surface area (TPSA) is 38.0 Å². The summed E-state index contributed by atoms with van der Waals surface area (Å²) in [7, 11) is 0. The lowest BCUT2D eigenvalue weighted by molar-refractivity contribution is 1.18. The molecule has 2 aromatic heterocycles. The fourth-order valence-electron chi connectivity index (χ4n) is 7.33. The summed E-state index contributed by atoms with van der Waals surface area (Å²) in [5.74, 6) is 0. The Bertz CT molecular complexity index is 2760. The minimum Gasteiger partial charge on any atom is -0.318 e. The van der Waals surface area contributed by atoms with E-state index >= 15 is 0 Å². The fraction of sp³-hybridized carbons (Fsp3) is 0. The molecule has 0 fully saturated rings. The van der Waals surface area contributed by atoms with Crippen molar-refractivity contribution in [3.8, 4) is 39.7 Å². The van der Waals surface area contributed by atoms with Crippen molar-refractivity contribution >= 4 is 49.3 Å². The number of nitrogens with zero attached hydrogens (tertiary/aromatic N) is 4. The number of fused-ring (bicyclic) bond motifs is 6. The average molecular weight is 611 g/mol. The van der Waals surface area contributed by atoms with Gasteiger partial charge in [0.15, 0.2) is 0 Å². The van der Waals surface area contributed by atoms with E-state index in [-0.39, 0.29) is 0 Å². The summed E-state index contributed by atoms with van der Waals surface area (Å²) >= 11 is 0. The number of aromatic nitrogens is 2. The molecule has 0 spiro atoms. The van der Waals surface area contributed by atoms with E-state index in [1.165, 1.54) is 21.8 Å². The van der Waals surface area contributed by atoms with Crippen LogP contribution in [0.15, 0.2) is 158 Å². The van der Waals surface area contributed by atoms with Crippen LogP contribution in [0.4, 0.5) is 5.69 Å². The molecule has 0 aliphatic heterocycles. The molecule has 2 heterocycles. The molecular formula is C44H26N4. The maximum Gasteiger partial charge on any atom is 0.211 e. The number of para-hydroxylation sites is 4. The number of rotatable bonds is 4. The third-order valence-electron chi connectivity index (χ3n) is 9.37. The maximum atomic E-state index is 10.0. The summed E-state index contributed by atoms with van der Waals surface area (Å²) in [5, 5.41) is 14.4. The number of hydrogen-bond donors (Lipinski definition) is 0. The molecule has 222 valence electrons. The van der Waals surface area contributed by atoms with Gasteiger partial charge < -0.3 is 9.13 Å². The van der Waals surface area contributed by atoms with Crippen molar-refractivity contribution in [1.29, 1.82) is 5.26 Å². The first-order valence-corrected chi connectivity index (χ1v) is 15.9. The summed E-state index contributed by atoms with van der Waals surface area (Å²) in [6, 6.07) is 56.6. The Balaban J connectivity index is 1.24. The molecule has 4 heteroatoms. The van der Waals surface area contributed by atoms with Gasteiger partial charge in [0.1, 0.15) is 0 Å². The zero-order chi connectivity index (χ0) is 32.2. The summed E-state index contributed by atoms with van der Waals surface area (Å²) in [5.41, 5.74) is 11.5. The van der Waals surface area contributed by atoms with Crippen LogP contribution in [0, 0.1) is 17.9 Å². The Morgan fingerprint density at radius 1 is 0.500 bits per heavy atom. The van der Waals surface area contributed by atoms with E-state index in [1.807, 2.05) is 42.5 Å². The molecule has 0 radical (unpaired) electrons. The SMILES string of the molecule is [C-]#[N+]c1cccc(-c2cccc(-c3cccc(-n4c5ccccc5c5ccccc54)c3)c2)c1-n1c2ccccc2c2c(C#N)cccc21. The van der Waals surface area contributed by atoms with Crippen LogP contribution in [0.3, 0.4) is 0 Å². The number of hydrogen-bond acceptors (Lipinski definition) is 1. The van der Waals surface area contributed by atoms with Gasteiger partial charge in [-0.25, -0.2) is 4.85 Å². The molecule has 0 aliphatic rings. The Morgan fingerprint density at radius 2 is 1.06 bits per heavy atom. The average Bonchev–Trinajstić information content (AvgIpc) is 3.67. The fourth-order valence-corrected chi connectivity index (χ4v) is 7.33. The second-order valence-corrected chi connectivity index (χ2v) is 12.0. The molecule has 0 saturated heterocycles. The Labute approximate surface area is 277 Å². The third-order valence-corrected chi connectivity index (χ3v) is 9.37. The molecule has 0 N–H and O–H groups in total. The van der Waals surface area contributed by atoms with Crippen LogP contribution in [0.2, 0.25) is 0 Å². The third kappa shape index (κ3) is 4.07. The van der Waals surface area contributed by atoms with Gasteiger partial charge in [-0.1, -0.05) is 109 Å². The second kappa shape index (κ2) is 10.9. The van der Waals surface area contributed by atoms with Crippen molar-refractivity contribution in [2.24, 2.45) is 0 Å². The molecule has 9 aromatic rings. The Morgan fingerprint density at radius 3 is 1.77 bits per heavy atom. The number of nitriles is 1. The van der Waals surface area contributed by atoms with E-state index in [9.17, 15) is 5.26 Å². The van der Waals surface area contributed by atoms with Gasteiger partial charge in [0.05, 0.1) is 46.0 Å². The second-order valence-electron chi connectivity index (χ2n) is 12.0. The van der Waals surface area contributed by atoms with Crippen LogP contribution in [0.5, 0.6) is 0 Å². The lowest BCUT2D eigenvalue weighted by Crippen LogP contribution is -1.98. The summed E-state index contributed by atoms with van der Waals surface area (Å²) < 4.78 is 4.50. The molecule has 9 rings (SSSR count).